The van der Waals surface area contributed by atoms with Crippen molar-refractivity contribution in [2.45, 2.75) is 30.3 Å². The number of amides is 2. The average molecular weight is 625 g/mol. The van der Waals surface area contributed by atoms with E-state index in [1.165, 1.54) is 12.1 Å². The van der Waals surface area contributed by atoms with Crippen molar-refractivity contribution in [3.05, 3.63) is 92.7 Å². The number of likely N-dealkylation sites (tertiary alicyclic amines) is 1. The van der Waals surface area contributed by atoms with Crippen molar-refractivity contribution in [3.63, 3.8) is 0 Å². The maximum Gasteiger partial charge on any atom is 0.335 e. The summed E-state index contributed by atoms with van der Waals surface area (Å²) in [6.07, 6.45) is 2.06. The van der Waals surface area contributed by atoms with E-state index in [0.717, 1.165) is 12.8 Å². The third-order valence-corrected chi connectivity index (χ3v) is 9.73. The molecule has 2 saturated heterocycles. The number of aromatic carboxylic acids is 1. The van der Waals surface area contributed by atoms with Crippen LogP contribution in [0.2, 0.25) is 5.02 Å². The fourth-order valence-electron chi connectivity index (χ4n) is 7.03. The lowest BCUT2D eigenvalue weighted by Gasteiger charge is -2.41. The zero-order valence-corrected chi connectivity index (χ0v) is 23.5. The molecule has 4 atom stereocenters. The van der Waals surface area contributed by atoms with Crippen molar-refractivity contribution in [1.29, 1.82) is 0 Å². The molecule has 7 nitrogen and oxygen atoms in total. The van der Waals surface area contributed by atoms with Crippen molar-refractivity contribution in [2.24, 2.45) is 11.8 Å². The van der Waals surface area contributed by atoms with E-state index in [1.807, 2.05) is 6.07 Å². The van der Waals surface area contributed by atoms with Crippen LogP contribution in [-0.4, -0.2) is 46.9 Å². The van der Waals surface area contributed by atoms with Crippen molar-refractivity contribution in [1.82, 2.24) is 4.90 Å². The lowest BCUT2D eigenvalue weighted by Crippen LogP contribution is -2.54. The van der Waals surface area contributed by atoms with Gasteiger partial charge >= 0.3 is 5.97 Å². The molecule has 3 aromatic carbocycles. The van der Waals surface area contributed by atoms with Gasteiger partial charge in [0.25, 0.3) is 0 Å². The highest BCUT2D eigenvalue weighted by molar-refractivity contribution is 9.10. The summed E-state index contributed by atoms with van der Waals surface area (Å²) in [6.45, 7) is 0.897. The molecule has 3 fully saturated rings. The van der Waals surface area contributed by atoms with E-state index >= 15 is 4.39 Å². The first-order valence-electron chi connectivity index (χ1n) is 13.2. The maximum atomic E-state index is 16.0. The second-order valence-electron chi connectivity index (χ2n) is 11.0. The average Bonchev–Trinajstić information content (AvgIpc) is 3.55. The zero-order chi connectivity index (χ0) is 27.9. The number of carboxylic acids is 1. The summed E-state index contributed by atoms with van der Waals surface area (Å²) in [5.74, 6) is -3.19. The maximum absolute atomic E-state index is 16.0. The van der Waals surface area contributed by atoms with Gasteiger partial charge in [0, 0.05) is 47.0 Å². The number of fused-ring (bicyclic) bond motifs is 3. The van der Waals surface area contributed by atoms with Crippen LogP contribution in [0.5, 0.6) is 0 Å². The number of hydrogen-bond acceptors (Lipinski definition) is 4. The molecule has 1 spiro atoms. The summed E-state index contributed by atoms with van der Waals surface area (Å²) in [6, 6.07) is 16.1. The molecule has 0 radical (unpaired) electrons. The van der Waals surface area contributed by atoms with Gasteiger partial charge in [-0.05, 0) is 82.7 Å². The van der Waals surface area contributed by atoms with E-state index in [9.17, 15) is 19.5 Å². The number of anilines is 2. The number of carbonyl (C=O) groups excluding carboxylic acids is 2. The molecule has 0 aromatic heterocycles. The van der Waals surface area contributed by atoms with Crippen LogP contribution in [-0.2, 0) is 15.1 Å². The van der Waals surface area contributed by atoms with Crippen LogP contribution in [0.4, 0.5) is 15.8 Å². The number of nitrogens with zero attached hydrogens (tertiary/aromatic N) is 2. The van der Waals surface area contributed by atoms with Crippen LogP contribution in [0, 0.1) is 17.7 Å². The Balaban J connectivity index is 1.43. The fourth-order valence-corrected chi connectivity index (χ4v) is 7.59. The Morgan fingerprint density at radius 2 is 1.88 bits per heavy atom. The van der Waals surface area contributed by atoms with Gasteiger partial charge < -0.3 is 15.3 Å². The Morgan fingerprint density at radius 1 is 1.12 bits per heavy atom. The number of rotatable bonds is 5. The van der Waals surface area contributed by atoms with Crippen LogP contribution < -0.4 is 10.2 Å². The molecule has 2 amide bonds. The van der Waals surface area contributed by atoms with Crippen molar-refractivity contribution < 1.29 is 23.9 Å². The Kier molecular flexibility index (Phi) is 5.86. The molecule has 3 aliphatic heterocycles. The largest absolute Gasteiger partial charge is 0.478 e. The van der Waals surface area contributed by atoms with E-state index in [2.05, 4.69) is 26.1 Å². The minimum absolute atomic E-state index is 0.122. The lowest BCUT2D eigenvalue weighted by atomic mass is 9.71. The molecule has 2 N–H and O–H groups in total. The van der Waals surface area contributed by atoms with Gasteiger partial charge in [-0.1, -0.05) is 29.8 Å². The fraction of sp³-hybridized carbons (Fsp3) is 0.300. The topological polar surface area (TPSA) is 90.0 Å². The Labute approximate surface area is 243 Å². The van der Waals surface area contributed by atoms with E-state index < -0.39 is 29.2 Å². The molecule has 7 rings (SSSR count). The van der Waals surface area contributed by atoms with E-state index in [0.29, 0.717) is 46.5 Å². The molecular formula is C30H24BrClFN3O4. The molecule has 10 heteroatoms. The van der Waals surface area contributed by atoms with E-state index in [1.54, 1.807) is 47.4 Å². The molecule has 204 valence electrons. The highest BCUT2D eigenvalue weighted by Crippen LogP contribution is 2.62. The normalized spacial score (nSPS) is 27.3. The summed E-state index contributed by atoms with van der Waals surface area (Å²) in [5.41, 5.74) is 0.975. The second kappa shape index (κ2) is 9.12. The molecule has 0 unspecified atom stereocenters. The van der Waals surface area contributed by atoms with Gasteiger partial charge in [-0.15, -0.1) is 0 Å². The number of benzene rings is 3. The van der Waals surface area contributed by atoms with Gasteiger partial charge in [-0.3, -0.25) is 14.5 Å². The summed E-state index contributed by atoms with van der Waals surface area (Å²) < 4.78 is 16.2. The van der Waals surface area contributed by atoms with E-state index in [4.69, 9.17) is 11.6 Å². The molecule has 40 heavy (non-hydrogen) atoms. The summed E-state index contributed by atoms with van der Waals surface area (Å²) >= 11 is 9.62. The number of carboxylic acid groups (broad SMARTS) is 1. The highest BCUT2D eigenvalue weighted by atomic mass is 79.9. The quantitative estimate of drug-likeness (QED) is 0.384. The number of nitrogens with one attached hydrogen (secondary N) is 1. The molecule has 4 aliphatic rings. The molecule has 1 saturated carbocycles. The smallest absolute Gasteiger partial charge is 0.335 e. The summed E-state index contributed by atoms with van der Waals surface area (Å²) in [5, 5.41) is 12.8. The van der Waals surface area contributed by atoms with Gasteiger partial charge in [0.1, 0.15) is 11.4 Å². The molecule has 3 aromatic rings. The Bertz CT molecular complexity index is 1600. The summed E-state index contributed by atoms with van der Waals surface area (Å²) in [4.78, 5) is 43.8. The molecule has 1 aliphatic carbocycles. The van der Waals surface area contributed by atoms with Crippen LogP contribution in [0.15, 0.2) is 65.1 Å². The van der Waals surface area contributed by atoms with Gasteiger partial charge in [0.05, 0.1) is 16.0 Å². The Hall–Kier alpha value is -3.27. The highest BCUT2D eigenvalue weighted by Gasteiger charge is 2.71. The van der Waals surface area contributed by atoms with Gasteiger partial charge in [0.15, 0.2) is 0 Å². The van der Waals surface area contributed by atoms with Crippen LogP contribution in [0.25, 0.3) is 0 Å². The number of halogens is 3. The van der Waals surface area contributed by atoms with Crippen LogP contribution in [0.3, 0.4) is 0 Å². The molecule has 3 heterocycles. The first-order valence-corrected chi connectivity index (χ1v) is 14.4. The minimum atomic E-state index is -1.30. The first-order chi connectivity index (χ1) is 19.2. The first kappa shape index (κ1) is 25.7. The number of hydrogen-bond donors (Lipinski definition) is 2. The van der Waals surface area contributed by atoms with Gasteiger partial charge in [-0.25, -0.2) is 9.18 Å². The predicted molar refractivity (Wildman–Crippen MR) is 151 cm³/mol. The van der Waals surface area contributed by atoms with Crippen LogP contribution in [0.1, 0.15) is 40.2 Å². The van der Waals surface area contributed by atoms with Crippen molar-refractivity contribution in [3.8, 4) is 0 Å². The third kappa shape index (κ3) is 3.60. The van der Waals surface area contributed by atoms with Crippen molar-refractivity contribution in [2.75, 3.05) is 23.3 Å². The molecular weight excluding hydrogens is 601 g/mol. The number of carbonyl (C=O) groups is 3. The zero-order valence-electron chi connectivity index (χ0n) is 21.1. The predicted octanol–water partition coefficient (Wildman–Crippen LogP) is 5.63. The van der Waals surface area contributed by atoms with Gasteiger partial charge in [-0.2, -0.15) is 0 Å². The third-order valence-electron chi connectivity index (χ3n) is 8.88. The second-order valence-corrected chi connectivity index (χ2v) is 12.3. The Morgan fingerprint density at radius 3 is 2.58 bits per heavy atom. The summed E-state index contributed by atoms with van der Waals surface area (Å²) in [7, 11) is 0. The van der Waals surface area contributed by atoms with E-state index in [-0.39, 0.29) is 27.9 Å². The van der Waals surface area contributed by atoms with Crippen LogP contribution >= 0.6 is 27.5 Å². The standard InChI is InChI=1S/C30H24BrClFN3O4/c31-21-3-1-2-19(26(21)33)25-24-23(14-35(27(24)37)18-9-6-16(7-10-18)28(38)39)36(13-15-4-5-15)30(25)20-11-8-17(32)12-22(20)34-29(30)40/h1-3,6-12,15,23-25H,4-5,13-14H2,(H,34,40)(H,38,39)/t23-,24+,25-,30+/m0/s1. The minimum Gasteiger partial charge on any atom is -0.478 e. The lowest BCUT2D eigenvalue weighted by molar-refractivity contribution is -0.128. The monoisotopic (exact) mass is 623 g/mol. The van der Waals surface area contributed by atoms with Crippen molar-refractivity contribution >= 4 is 56.7 Å². The van der Waals surface area contributed by atoms with Gasteiger partial charge in [0.2, 0.25) is 11.8 Å². The molecule has 0 bridgehead atoms. The SMILES string of the molecule is O=C(O)c1ccc(N2C[C@H]3[C@@H](C2=O)[C@H](c2cccc(Br)c2F)[C@]2(C(=O)Nc4cc(Cl)ccc42)N3CC2CC2)cc1.